The number of hydrogen-bond acceptors (Lipinski definition) is 1. The number of para-hydroxylation sites is 4. The lowest BCUT2D eigenvalue weighted by molar-refractivity contribution is 0.767. The zero-order valence-corrected chi connectivity index (χ0v) is 30.7. The first-order valence-electron chi connectivity index (χ1n) is 19.0. The molecule has 2 aromatic heterocycles. The fraction of sp³-hybridized carbons (Fsp3) is 0.0577. The molecule has 0 aliphatic heterocycles. The molecule has 0 spiro atoms. The molecule has 55 heavy (non-hydrogen) atoms. The van der Waals surface area contributed by atoms with Crippen LogP contribution >= 0.6 is 0 Å². The van der Waals surface area contributed by atoms with Crippen molar-refractivity contribution in [2.45, 2.75) is 19.3 Å². The molecule has 1 aliphatic carbocycles. The van der Waals surface area contributed by atoms with Crippen LogP contribution in [0.2, 0.25) is 0 Å². The molecule has 0 atom stereocenters. The zero-order valence-electron chi connectivity index (χ0n) is 30.7. The van der Waals surface area contributed by atoms with E-state index in [0.717, 1.165) is 16.7 Å². The van der Waals surface area contributed by atoms with Gasteiger partial charge in [-0.15, -0.1) is 0 Å². The number of aromatic nitrogens is 3. The van der Waals surface area contributed by atoms with E-state index in [9.17, 15) is 0 Å². The Hall–Kier alpha value is -6.97. The smallest absolute Gasteiger partial charge is 0.100 e. The third-order valence-electron chi connectivity index (χ3n) is 11.8. The quantitative estimate of drug-likeness (QED) is 0.175. The molecule has 0 bridgehead atoms. The van der Waals surface area contributed by atoms with Crippen LogP contribution in [0.1, 0.15) is 33.4 Å². The van der Waals surface area contributed by atoms with Gasteiger partial charge in [-0.3, -0.25) is 4.57 Å². The Kier molecular flexibility index (Phi) is 6.90. The second-order valence-electron chi connectivity index (χ2n) is 15.0. The predicted molar refractivity (Wildman–Crippen MR) is 228 cm³/mol. The molecular formula is C52H37N3. The molecule has 3 nitrogen and oxygen atoms in total. The Balaban J connectivity index is 1.20. The van der Waals surface area contributed by atoms with Gasteiger partial charge in [-0.05, 0) is 107 Å². The van der Waals surface area contributed by atoms with E-state index in [0.29, 0.717) is 0 Å². The average molecular weight is 704 g/mol. The molecule has 0 N–H and O–H groups in total. The zero-order chi connectivity index (χ0) is 36.7. The Bertz CT molecular complexity index is 3040. The summed E-state index contributed by atoms with van der Waals surface area (Å²) in [6.07, 6.45) is 1.98. The van der Waals surface area contributed by atoms with Crippen LogP contribution in [0, 0.1) is 13.8 Å². The largest absolute Gasteiger partial charge is 0.309 e. The molecule has 8 aromatic carbocycles. The van der Waals surface area contributed by atoms with Crippen LogP contribution in [0.3, 0.4) is 0 Å². The third-order valence-corrected chi connectivity index (χ3v) is 11.8. The van der Waals surface area contributed by atoms with Crippen LogP contribution in [0.25, 0.3) is 66.5 Å². The normalized spacial score (nSPS) is 13.1. The average Bonchev–Trinajstić information content (AvgIpc) is 3.91. The van der Waals surface area contributed by atoms with Gasteiger partial charge in [0.2, 0.25) is 0 Å². The molecule has 0 unspecified atom stereocenters. The molecule has 11 rings (SSSR count). The van der Waals surface area contributed by atoms with Gasteiger partial charge in [0, 0.05) is 22.0 Å². The third kappa shape index (κ3) is 4.60. The van der Waals surface area contributed by atoms with Gasteiger partial charge < -0.3 is 4.57 Å². The SMILES string of the molecule is Cc1ccc(C2(c3ccc(C)cc3)c3ccc(-c4ccc5c(c4)c4ccccc4n5-c4ccccc4)cc3-c3c(-n4cnc5ccccc54)cccc32)cc1. The van der Waals surface area contributed by atoms with Crippen LogP contribution < -0.4 is 0 Å². The highest BCUT2D eigenvalue weighted by molar-refractivity contribution is 6.10. The monoisotopic (exact) mass is 703 g/mol. The fourth-order valence-electron chi connectivity index (χ4n) is 9.29. The van der Waals surface area contributed by atoms with Crippen LogP contribution in [0.15, 0.2) is 188 Å². The van der Waals surface area contributed by atoms with E-state index in [1.54, 1.807) is 0 Å². The van der Waals surface area contributed by atoms with E-state index in [4.69, 9.17) is 4.98 Å². The summed E-state index contributed by atoms with van der Waals surface area (Å²) >= 11 is 0. The lowest BCUT2D eigenvalue weighted by Crippen LogP contribution is -2.28. The van der Waals surface area contributed by atoms with Gasteiger partial charge in [0.1, 0.15) is 6.33 Å². The van der Waals surface area contributed by atoms with E-state index >= 15 is 0 Å². The summed E-state index contributed by atoms with van der Waals surface area (Å²) in [5.74, 6) is 0. The van der Waals surface area contributed by atoms with Crippen molar-refractivity contribution in [2.24, 2.45) is 0 Å². The summed E-state index contributed by atoms with van der Waals surface area (Å²) in [5.41, 5.74) is 18.7. The van der Waals surface area contributed by atoms with Crippen LogP contribution in [-0.2, 0) is 5.41 Å². The van der Waals surface area contributed by atoms with Gasteiger partial charge in [-0.25, -0.2) is 4.98 Å². The highest BCUT2D eigenvalue weighted by atomic mass is 15.1. The molecule has 0 saturated heterocycles. The summed E-state index contributed by atoms with van der Waals surface area (Å²) in [6.45, 7) is 4.34. The summed E-state index contributed by atoms with van der Waals surface area (Å²) in [5, 5.41) is 2.50. The summed E-state index contributed by atoms with van der Waals surface area (Å²) < 4.78 is 4.65. The van der Waals surface area contributed by atoms with Crippen molar-refractivity contribution in [3.05, 3.63) is 222 Å². The number of nitrogens with zero attached hydrogens (tertiary/aromatic N) is 3. The Labute approximate surface area is 320 Å². The molecule has 0 amide bonds. The van der Waals surface area contributed by atoms with Crippen LogP contribution in [0.4, 0.5) is 0 Å². The van der Waals surface area contributed by atoms with E-state index in [2.05, 4.69) is 205 Å². The molecule has 0 saturated carbocycles. The molecule has 0 fully saturated rings. The maximum Gasteiger partial charge on any atom is 0.100 e. The lowest BCUT2D eigenvalue weighted by Gasteiger charge is -2.34. The van der Waals surface area contributed by atoms with Gasteiger partial charge in [0.05, 0.1) is 33.2 Å². The second-order valence-corrected chi connectivity index (χ2v) is 15.0. The van der Waals surface area contributed by atoms with E-state index in [-0.39, 0.29) is 0 Å². The highest BCUT2D eigenvalue weighted by Gasteiger charge is 2.47. The van der Waals surface area contributed by atoms with Crippen molar-refractivity contribution >= 4 is 32.8 Å². The molecule has 260 valence electrons. The van der Waals surface area contributed by atoms with E-state index in [1.165, 1.54) is 83.1 Å². The van der Waals surface area contributed by atoms with Gasteiger partial charge in [-0.1, -0.05) is 139 Å². The summed E-state index contributed by atoms with van der Waals surface area (Å²) in [6, 6.07) is 67.2. The van der Waals surface area contributed by atoms with Gasteiger partial charge >= 0.3 is 0 Å². The second kappa shape index (κ2) is 12.0. The van der Waals surface area contributed by atoms with Gasteiger partial charge in [-0.2, -0.15) is 0 Å². The number of rotatable bonds is 5. The number of hydrogen-bond donors (Lipinski definition) is 0. The van der Waals surface area contributed by atoms with Crippen molar-refractivity contribution in [3.63, 3.8) is 0 Å². The minimum absolute atomic E-state index is 0.524. The Morgan fingerprint density at radius 3 is 1.87 bits per heavy atom. The first-order valence-corrected chi connectivity index (χ1v) is 19.0. The first-order chi connectivity index (χ1) is 27.1. The minimum atomic E-state index is -0.524. The van der Waals surface area contributed by atoms with Crippen molar-refractivity contribution in [1.29, 1.82) is 0 Å². The lowest BCUT2D eigenvalue weighted by atomic mass is 9.67. The Morgan fingerprint density at radius 2 is 1.11 bits per heavy atom. The van der Waals surface area contributed by atoms with Crippen molar-refractivity contribution in [3.8, 4) is 33.6 Å². The van der Waals surface area contributed by atoms with Crippen LogP contribution in [-0.4, -0.2) is 14.1 Å². The number of aryl methyl sites for hydroxylation is 2. The minimum Gasteiger partial charge on any atom is -0.309 e. The maximum absolute atomic E-state index is 4.85. The fourth-order valence-corrected chi connectivity index (χ4v) is 9.29. The summed E-state index contributed by atoms with van der Waals surface area (Å²) in [7, 11) is 0. The topological polar surface area (TPSA) is 22.8 Å². The number of imidazole rings is 1. The standard InChI is InChI=1S/C52H37N3/c1-34-19-25-38(26-20-34)52(39-27-21-35(2)22-28-39)44-29-23-36(32-43(44)51-45(52)14-10-18-50(51)54-33-53-46-15-7-9-17-49(46)54)37-24-30-48-42(31-37)41-13-6-8-16-47(41)55(48)40-11-4-3-5-12-40/h3-33H,1-2H3. The first kappa shape index (κ1) is 31.5. The van der Waals surface area contributed by atoms with E-state index < -0.39 is 5.41 Å². The van der Waals surface area contributed by atoms with Crippen molar-refractivity contribution in [1.82, 2.24) is 14.1 Å². The molecule has 10 aromatic rings. The van der Waals surface area contributed by atoms with Gasteiger partial charge in [0.25, 0.3) is 0 Å². The van der Waals surface area contributed by atoms with Crippen molar-refractivity contribution in [2.75, 3.05) is 0 Å². The molecular weight excluding hydrogens is 667 g/mol. The van der Waals surface area contributed by atoms with Gasteiger partial charge in [0.15, 0.2) is 0 Å². The van der Waals surface area contributed by atoms with Crippen molar-refractivity contribution < 1.29 is 0 Å². The summed E-state index contributed by atoms with van der Waals surface area (Å²) in [4.78, 5) is 4.85. The predicted octanol–water partition coefficient (Wildman–Crippen LogP) is 12.8. The number of benzene rings is 8. The Morgan fingerprint density at radius 1 is 0.473 bits per heavy atom. The van der Waals surface area contributed by atoms with E-state index in [1.807, 2.05) is 6.33 Å². The highest BCUT2D eigenvalue weighted by Crippen LogP contribution is 2.58. The van der Waals surface area contributed by atoms with Crippen LogP contribution in [0.5, 0.6) is 0 Å². The molecule has 0 radical (unpaired) electrons. The maximum atomic E-state index is 4.85. The number of fused-ring (bicyclic) bond motifs is 7. The molecule has 3 heteroatoms. The molecule has 1 aliphatic rings. The molecule has 2 heterocycles.